The molecule has 1 fully saturated rings. The molecule has 2 N–H and O–H groups in total. The molecule has 2 aromatic rings. The van der Waals surface area contributed by atoms with Crippen LogP contribution in [0.2, 0.25) is 0 Å². The summed E-state index contributed by atoms with van der Waals surface area (Å²) in [5, 5.41) is 6.84. The van der Waals surface area contributed by atoms with Gasteiger partial charge in [0.2, 0.25) is 5.91 Å². The molecule has 0 spiro atoms. The minimum atomic E-state index is -0.458. The Kier molecular flexibility index (Phi) is 6.00. The van der Waals surface area contributed by atoms with E-state index in [0.717, 1.165) is 60.5 Å². The fourth-order valence-corrected chi connectivity index (χ4v) is 5.80. The number of nitrogens with zero attached hydrogens (tertiary/aromatic N) is 1. The summed E-state index contributed by atoms with van der Waals surface area (Å²) >= 11 is 0. The Labute approximate surface area is 201 Å². The standard InChI is InChI=1S/C28H35N3O3/c1-18-13-14-24(34-18)27-26-21(15-28(2,3)16-23(26)32)30-20-11-7-8-12-22(20)31(27)17-25(33)29-19-9-5-4-6-10-19/h7-8,11-14,19,27,30H,4-6,9-10,15-17H2,1-3H3,(H,29,33). The number of benzene rings is 1. The van der Waals surface area contributed by atoms with Crippen molar-refractivity contribution in [2.45, 2.75) is 77.8 Å². The van der Waals surface area contributed by atoms with Crippen molar-refractivity contribution in [3.63, 3.8) is 0 Å². The van der Waals surface area contributed by atoms with Crippen LogP contribution in [0.25, 0.3) is 0 Å². The zero-order valence-electron chi connectivity index (χ0n) is 20.4. The number of amides is 1. The summed E-state index contributed by atoms with van der Waals surface area (Å²) in [6.07, 6.45) is 6.88. The molecule has 6 nitrogen and oxygen atoms in total. The van der Waals surface area contributed by atoms with Gasteiger partial charge in [0, 0.05) is 23.7 Å². The first-order valence-corrected chi connectivity index (χ1v) is 12.6. The largest absolute Gasteiger partial charge is 0.464 e. The molecule has 180 valence electrons. The van der Waals surface area contributed by atoms with Crippen molar-refractivity contribution in [1.29, 1.82) is 0 Å². The Morgan fingerprint density at radius 2 is 1.88 bits per heavy atom. The molecule has 1 atom stereocenters. The van der Waals surface area contributed by atoms with E-state index in [1.165, 1.54) is 6.42 Å². The quantitative estimate of drug-likeness (QED) is 0.615. The van der Waals surface area contributed by atoms with Crippen LogP contribution in [0.1, 0.15) is 76.4 Å². The number of para-hydroxylation sites is 2. The maximum absolute atomic E-state index is 13.6. The number of rotatable bonds is 4. The number of nitrogens with one attached hydrogen (secondary N) is 2. The molecular weight excluding hydrogens is 426 g/mol. The fourth-order valence-electron chi connectivity index (χ4n) is 5.80. The van der Waals surface area contributed by atoms with E-state index >= 15 is 0 Å². The maximum Gasteiger partial charge on any atom is 0.239 e. The molecule has 1 unspecified atom stereocenters. The highest BCUT2D eigenvalue weighted by Gasteiger charge is 2.43. The number of hydrogen-bond donors (Lipinski definition) is 2. The molecule has 1 amide bonds. The average molecular weight is 462 g/mol. The van der Waals surface area contributed by atoms with Crippen LogP contribution in [0.3, 0.4) is 0 Å². The van der Waals surface area contributed by atoms with Crippen LogP contribution in [0.5, 0.6) is 0 Å². The molecule has 0 radical (unpaired) electrons. The predicted molar refractivity (Wildman–Crippen MR) is 134 cm³/mol. The first-order valence-electron chi connectivity index (χ1n) is 12.6. The summed E-state index contributed by atoms with van der Waals surface area (Å²) in [6, 6.07) is 11.7. The molecule has 1 aromatic heterocycles. The van der Waals surface area contributed by atoms with Gasteiger partial charge in [-0.25, -0.2) is 0 Å². The number of carbonyl (C=O) groups is 2. The Balaban J connectivity index is 1.58. The molecule has 1 saturated carbocycles. The second-order valence-corrected chi connectivity index (χ2v) is 10.9. The maximum atomic E-state index is 13.6. The van der Waals surface area contributed by atoms with Gasteiger partial charge in [-0.1, -0.05) is 45.2 Å². The highest BCUT2D eigenvalue weighted by Crippen LogP contribution is 2.48. The molecular formula is C28H35N3O3. The van der Waals surface area contributed by atoms with E-state index in [-0.39, 0.29) is 29.7 Å². The van der Waals surface area contributed by atoms with Crippen LogP contribution >= 0.6 is 0 Å². The highest BCUT2D eigenvalue weighted by molar-refractivity contribution is 6.01. The molecule has 2 aliphatic carbocycles. The van der Waals surface area contributed by atoms with E-state index in [1.807, 2.05) is 43.3 Å². The normalized spacial score (nSPS) is 22.5. The summed E-state index contributed by atoms with van der Waals surface area (Å²) in [5.74, 6) is 1.59. The van der Waals surface area contributed by atoms with Crippen LogP contribution in [0, 0.1) is 12.3 Å². The molecule has 34 heavy (non-hydrogen) atoms. The Morgan fingerprint density at radius 1 is 1.12 bits per heavy atom. The van der Waals surface area contributed by atoms with Crippen molar-refractivity contribution in [2.75, 3.05) is 16.8 Å². The molecule has 0 bridgehead atoms. The second kappa shape index (κ2) is 8.97. The molecule has 5 rings (SSSR count). The lowest BCUT2D eigenvalue weighted by molar-refractivity contribution is -0.121. The summed E-state index contributed by atoms with van der Waals surface area (Å²) in [5.41, 5.74) is 3.34. The zero-order valence-corrected chi connectivity index (χ0v) is 20.4. The van der Waals surface area contributed by atoms with Crippen LogP contribution in [0.4, 0.5) is 11.4 Å². The number of ketones is 1. The van der Waals surface area contributed by atoms with Crippen molar-refractivity contribution in [2.24, 2.45) is 5.41 Å². The number of aryl methyl sites for hydroxylation is 1. The lowest BCUT2D eigenvalue weighted by Crippen LogP contribution is -2.45. The minimum Gasteiger partial charge on any atom is -0.464 e. The van der Waals surface area contributed by atoms with Gasteiger partial charge in [0.15, 0.2) is 5.78 Å². The number of hydrogen-bond acceptors (Lipinski definition) is 5. The van der Waals surface area contributed by atoms with Gasteiger partial charge in [0.1, 0.15) is 17.6 Å². The van der Waals surface area contributed by atoms with Gasteiger partial charge in [0.05, 0.1) is 17.9 Å². The third-order valence-corrected chi connectivity index (χ3v) is 7.32. The third kappa shape index (κ3) is 4.50. The van der Waals surface area contributed by atoms with Crippen molar-refractivity contribution in [1.82, 2.24) is 5.32 Å². The Morgan fingerprint density at radius 3 is 2.62 bits per heavy atom. The molecule has 3 aliphatic rings. The molecule has 0 saturated heterocycles. The minimum absolute atomic E-state index is 0.0115. The predicted octanol–water partition coefficient (Wildman–Crippen LogP) is 5.65. The zero-order chi connectivity index (χ0) is 23.9. The Bertz CT molecular complexity index is 1120. The summed E-state index contributed by atoms with van der Waals surface area (Å²) in [6.45, 7) is 6.34. The van der Waals surface area contributed by atoms with Crippen LogP contribution in [0.15, 0.2) is 52.1 Å². The highest BCUT2D eigenvalue weighted by atomic mass is 16.3. The number of anilines is 2. The smallest absolute Gasteiger partial charge is 0.239 e. The lowest BCUT2D eigenvalue weighted by Gasteiger charge is -2.37. The fraction of sp³-hybridized carbons (Fsp3) is 0.500. The van der Waals surface area contributed by atoms with Gasteiger partial charge in [0.25, 0.3) is 0 Å². The number of fused-ring (bicyclic) bond motifs is 1. The molecule has 1 aromatic carbocycles. The monoisotopic (exact) mass is 461 g/mol. The Hall–Kier alpha value is -3.02. The van der Waals surface area contributed by atoms with Crippen LogP contribution < -0.4 is 15.5 Å². The van der Waals surface area contributed by atoms with E-state index in [1.54, 1.807) is 0 Å². The molecule has 6 heteroatoms. The van der Waals surface area contributed by atoms with Crippen molar-refractivity contribution in [3.8, 4) is 0 Å². The van der Waals surface area contributed by atoms with Gasteiger partial charge in [-0.05, 0) is 55.9 Å². The molecule has 2 heterocycles. The van der Waals surface area contributed by atoms with E-state index in [0.29, 0.717) is 12.2 Å². The van der Waals surface area contributed by atoms with Gasteiger partial charge in [-0.2, -0.15) is 0 Å². The summed E-state index contributed by atoms with van der Waals surface area (Å²) in [7, 11) is 0. The van der Waals surface area contributed by atoms with Crippen LogP contribution in [-0.4, -0.2) is 24.3 Å². The summed E-state index contributed by atoms with van der Waals surface area (Å²) < 4.78 is 6.12. The lowest BCUT2D eigenvalue weighted by atomic mass is 9.74. The van der Waals surface area contributed by atoms with E-state index in [4.69, 9.17) is 4.42 Å². The number of carbonyl (C=O) groups excluding carboxylic acids is 2. The van der Waals surface area contributed by atoms with Gasteiger partial charge >= 0.3 is 0 Å². The SMILES string of the molecule is Cc1ccc(C2C3=C(CC(C)(C)CC3=O)Nc3ccccc3N2CC(=O)NC2CCCCC2)o1. The third-order valence-electron chi connectivity index (χ3n) is 7.32. The van der Waals surface area contributed by atoms with Gasteiger partial charge in [-0.3, -0.25) is 9.59 Å². The average Bonchev–Trinajstić information content (AvgIpc) is 3.15. The van der Waals surface area contributed by atoms with Crippen molar-refractivity contribution in [3.05, 3.63) is 59.2 Å². The summed E-state index contributed by atoms with van der Waals surface area (Å²) in [4.78, 5) is 29.0. The van der Waals surface area contributed by atoms with Crippen molar-refractivity contribution >= 4 is 23.1 Å². The first-order chi connectivity index (χ1) is 16.3. The van der Waals surface area contributed by atoms with E-state index in [9.17, 15) is 9.59 Å². The number of allylic oxidation sites excluding steroid dienone is 1. The van der Waals surface area contributed by atoms with Gasteiger partial charge in [-0.15, -0.1) is 0 Å². The number of Topliss-reactive ketones (excluding diaryl/α,β-unsaturated/α-hetero) is 1. The number of furan rings is 1. The topological polar surface area (TPSA) is 74.6 Å². The van der Waals surface area contributed by atoms with Crippen LogP contribution in [-0.2, 0) is 9.59 Å². The van der Waals surface area contributed by atoms with E-state index in [2.05, 4.69) is 29.4 Å². The van der Waals surface area contributed by atoms with Gasteiger partial charge < -0.3 is 20.0 Å². The van der Waals surface area contributed by atoms with Crippen molar-refractivity contribution < 1.29 is 14.0 Å². The second-order valence-electron chi connectivity index (χ2n) is 10.9. The van der Waals surface area contributed by atoms with E-state index < -0.39 is 6.04 Å². The first kappa shape index (κ1) is 22.8. The molecule has 1 aliphatic heterocycles.